The van der Waals surface area contributed by atoms with Crippen molar-refractivity contribution in [2.24, 2.45) is 0 Å². The van der Waals surface area contributed by atoms with Crippen LogP contribution in [0.3, 0.4) is 0 Å². The fourth-order valence-corrected chi connectivity index (χ4v) is 2.20. The molecule has 0 aliphatic carbocycles. The molecule has 0 heterocycles. The first-order chi connectivity index (χ1) is 10.1. The number of nitrogens with zero attached hydrogens (tertiary/aromatic N) is 1. The molecule has 2 rings (SSSR count). The van der Waals surface area contributed by atoms with Crippen LogP contribution in [0.5, 0.6) is 0 Å². The van der Waals surface area contributed by atoms with E-state index in [0.29, 0.717) is 6.54 Å². The summed E-state index contributed by atoms with van der Waals surface area (Å²) >= 11 is 0. The molecule has 0 fully saturated rings. The van der Waals surface area contributed by atoms with Crippen LogP contribution in [0, 0.1) is 15.9 Å². The highest BCUT2D eigenvalue weighted by molar-refractivity contribution is 5.33. The molecule has 0 aromatic heterocycles. The van der Waals surface area contributed by atoms with Crippen LogP contribution in [0.15, 0.2) is 48.5 Å². The summed E-state index contributed by atoms with van der Waals surface area (Å²) in [6.45, 7) is 2.60. The zero-order chi connectivity index (χ0) is 15.2. The minimum absolute atomic E-state index is 0.0518. The predicted molar refractivity (Wildman–Crippen MR) is 79.4 cm³/mol. The minimum Gasteiger partial charge on any atom is -0.306 e. The summed E-state index contributed by atoms with van der Waals surface area (Å²) in [6.07, 6.45) is 0.830. The average Bonchev–Trinajstić information content (AvgIpc) is 2.48. The van der Waals surface area contributed by atoms with E-state index in [2.05, 4.69) is 5.32 Å². The minimum atomic E-state index is -0.418. The lowest BCUT2D eigenvalue weighted by atomic mass is 10.0. The van der Waals surface area contributed by atoms with Gasteiger partial charge in [0, 0.05) is 24.7 Å². The lowest BCUT2D eigenvalue weighted by molar-refractivity contribution is -0.384. The molecular weight excluding hydrogens is 271 g/mol. The quantitative estimate of drug-likeness (QED) is 0.646. The molecule has 2 aromatic rings. The van der Waals surface area contributed by atoms with Gasteiger partial charge in [-0.25, -0.2) is 4.39 Å². The van der Waals surface area contributed by atoms with Crippen LogP contribution in [0.2, 0.25) is 0 Å². The Labute approximate surface area is 122 Å². The van der Waals surface area contributed by atoms with Crippen LogP contribution in [0.25, 0.3) is 0 Å². The molecule has 0 aliphatic rings. The number of benzene rings is 2. The molecule has 1 atom stereocenters. The van der Waals surface area contributed by atoms with Gasteiger partial charge in [0.2, 0.25) is 0 Å². The summed E-state index contributed by atoms with van der Waals surface area (Å²) in [6, 6.07) is 13.0. The van der Waals surface area contributed by atoms with Crippen molar-refractivity contribution in [3.8, 4) is 0 Å². The fraction of sp³-hybridized carbons (Fsp3) is 0.250. The summed E-state index contributed by atoms with van der Waals surface area (Å²) in [7, 11) is 0. The smallest absolute Gasteiger partial charge is 0.269 e. The molecule has 0 bridgehead atoms. The van der Waals surface area contributed by atoms with Crippen LogP contribution >= 0.6 is 0 Å². The maximum atomic E-state index is 13.3. The van der Waals surface area contributed by atoms with E-state index in [1.54, 1.807) is 18.2 Å². The van der Waals surface area contributed by atoms with E-state index >= 15 is 0 Å². The first-order valence-electron chi connectivity index (χ1n) is 6.82. The topological polar surface area (TPSA) is 55.2 Å². The Morgan fingerprint density at radius 3 is 2.52 bits per heavy atom. The number of hydrogen-bond donors (Lipinski definition) is 1. The highest BCUT2D eigenvalue weighted by Gasteiger charge is 2.10. The zero-order valence-electron chi connectivity index (χ0n) is 11.8. The van der Waals surface area contributed by atoms with Gasteiger partial charge in [0.15, 0.2) is 0 Å². The first kappa shape index (κ1) is 15.1. The maximum absolute atomic E-state index is 13.3. The fourth-order valence-electron chi connectivity index (χ4n) is 2.20. The van der Waals surface area contributed by atoms with Gasteiger partial charge in [-0.15, -0.1) is 0 Å². The molecule has 0 saturated carbocycles. The second-order valence-corrected chi connectivity index (χ2v) is 4.82. The predicted octanol–water partition coefficient (Wildman–Crippen LogP) is 3.97. The number of halogens is 1. The molecule has 0 saturated heterocycles. The van der Waals surface area contributed by atoms with Gasteiger partial charge in [-0.1, -0.05) is 31.2 Å². The molecule has 21 heavy (non-hydrogen) atoms. The number of nitro benzene ring substituents is 1. The van der Waals surface area contributed by atoms with Crippen molar-refractivity contribution in [3.63, 3.8) is 0 Å². The Kier molecular flexibility index (Phi) is 5.00. The molecule has 0 aliphatic heterocycles. The van der Waals surface area contributed by atoms with Gasteiger partial charge in [-0.3, -0.25) is 10.1 Å². The van der Waals surface area contributed by atoms with Gasteiger partial charge in [0.05, 0.1) is 4.92 Å². The van der Waals surface area contributed by atoms with Crippen molar-refractivity contribution in [2.45, 2.75) is 25.9 Å². The maximum Gasteiger partial charge on any atom is 0.269 e. The van der Waals surface area contributed by atoms with Crippen LogP contribution in [0.4, 0.5) is 10.1 Å². The van der Waals surface area contributed by atoms with Crippen LogP contribution in [-0.4, -0.2) is 4.92 Å². The number of nitro groups is 1. The first-order valence-corrected chi connectivity index (χ1v) is 6.82. The standard InChI is InChI=1S/C16H17FN2O2/c1-2-16(13-4-3-5-14(17)10-13)18-11-12-6-8-15(9-7-12)19(20)21/h3-10,16,18H,2,11H2,1H3. The van der Waals surface area contributed by atoms with Crippen LogP contribution < -0.4 is 5.32 Å². The van der Waals surface area contributed by atoms with Crippen molar-refractivity contribution in [1.29, 1.82) is 0 Å². The molecule has 110 valence electrons. The largest absolute Gasteiger partial charge is 0.306 e. The van der Waals surface area contributed by atoms with E-state index in [1.807, 2.05) is 13.0 Å². The van der Waals surface area contributed by atoms with Gasteiger partial charge in [0.1, 0.15) is 5.82 Å². The Hall–Kier alpha value is -2.27. The molecule has 4 nitrogen and oxygen atoms in total. The van der Waals surface area contributed by atoms with Gasteiger partial charge in [-0.05, 0) is 29.7 Å². The van der Waals surface area contributed by atoms with E-state index in [9.17, 15) is 14.5 Å². The SMILES string of the molecule is CCC(NCc1ccc([N+](=O)[O-])cc1)c1cccc(F)c1. The summed E-state index contributed by atoms with van der Waals surface area (Å²) in [5, 5.41) is 13.9. The van der Waals surface area contributed by atoms with E-state index in [4.69, 9.17) is 0 Å². The van der Waals surface area contributed by atoms with Crippen molar-refractivity contribution < 1.29 is 9.31 Å². The molecule has 5 heteroatoms. The number of non-ortho nitro benzene ring substituents is 1. The lowest BCUT2D eigenvalue weighted by Gasteiger charge is -2.17. The summed E-state index contributed by atoms with van der Waals surface area (Å²) < 4.78 is 13.3. The van der Waals surface area contributed by atoms with E-state index in [1.165, 1.54) is 24.3 Å². The normalized spacial score (nSPS) is 12.1. The Bertz CT molecular complexity index is 614. The highest BCUT2D eigenvalue weighted by atomic mass is 19.1. The van der Waals surface area contributed by atoms with Crippen molar-refractivity contribution in [2.75, 3.05) is 0 Å². The summed E-state index contributed by atoms with van der Waals surface area (Å²) in [5.74, 6) is -0.247. The third-order valence-electron chi connectivity index (χ3n) is 3.36. The van der Waals surface area contributed by atoms with Gasteiger partial charge >= 0.3 is 0 Å². The summed E-state index contributed by atoms with van der Waals surface area (Å²) in [5.41, 5.74) is 1.94. The molecule has 1 N–H and O–H groups in total. The molecular formula is C16H17FN2O2. The van der Waals surface area contributed by atoms with Gasteiger partial charge < -0.3 is 5.32 Å². The Balaban J connectivity index is 2.01. The van der Waals surface area contributed by atoms with Crippen LogP contribution in [0.1, 0.15) is 30.5 Å². The molecule has 2 aromatic carbocycles. The monoisotopic (exact) mass is 288 g/mol. The Morgan fingerprint density at radius 2 is 1.95 bits per heavy atom. The summed E-state index contributed by atoms with van der Waals surface area (Å²) in [4.78, 5) is 10.2. The van der Waals surface area contributed by atoms with Crippen molar-refractivity contribution in [3.05, 3.63) is 75.6 Å². The van der Waals surface area contributed by atoms with Crippen molar-refractivity contribution in [1.82, 2.24) is 5.32 Å². The Morgan fingerprint density at radius 1 is 1.24 bits per heavy atom. The molecule has 0 radical (unpaired) electrons. The molecule has 0 amide bonds. The molecule has 0 spiro atoms. The van der Waals surface area contributed by atoms with E-state index in [-0.39, 0.29) is 17.5 Å². The average molecular weight is 288 g/mol. The second-order valence-electron chi connectivity index (χ2n) is 4.82. The van der Waals surface area contributed by atoms with E-state index in [0.717, 1.165) is 17.5 Å². The number of hydrogen-bond acceptors (Lipinski definition) is 3. The zero-order valence-corrected chi connectivity index (χ0v) is 11.8. The molecule has 1 unspecified atom stereocenters. The third kappa shape index (κ3) is 4.10. The second kappa shape index (κ2) is 6.95. The number of rotatable bonds is 6. The highest BCUT2D eigenvalue weighted by Crippen LogP contribution is 2.19. The number of nitrogens with one attached hydrogen (secondary N) is 1. The van der Waals surface area contributed by atoms with Crippen molar-refractivity contribution >= 4 is 5.69 Å². The van der Waals surface area contributed by atoms with Crippen LogP contribution in [-0.2, 0) is 6.54 Å². The van der Waals surface area contributed by atoms with Gasteiger partial charge in [0.25, 0.3) is 5.69 Å². The van der Waals surface area contributed by atoms with E-state index < -0.39 is 4.92 Å². The van der Waals surface area contributed by atoms with Gasteiger partial charge in [-0.2, -0.15) is 0 Å². The lowest BCUT2D eigenvalue weighted by Crippen LogP contribution is -2.20. The third-order valence-corrected chi connectivity index (χ3v) is 3.36.